The van der Waals surface area contributed by atoms with E-state index in [0.29, 0.717) is 30.6 Å². The van der Waals surface area contributed by atoms with Crippen molar-refractivity contribution in [3.63, 3.8) is 0 Å². The van der Waals surface area contributed by atoms with Crippen LogP contribution in [0.25, 0.3) is 0 Å². The topological polar surface area (TPSA) is 107 Å². The van der Waals surface area contributed by atoms with E-state index in [0.717, 1.165) is 30.6 Å². The van der Waals surface area contributed by atoms with E-state index >= 15 is 0 Å². The number of unbranched alkanes of at least 4 members (excludes halogenated alkanes) is 2. The number of rotatable bonds is 10. The Hall–Kier alpha value is -3.72. The molecule has 4 rings (SSSR count). The average molecular weight is 507 g/mol. The first kappa shape index (κ1) is 26.3. The van der Waals surface area contributed by atoms with Crippen LogP contribution in [-0.2, 0) is 16.1 Å². The fraction of sp³-hybridized carbons (Fsp3) is 0.429. The van der Waals surface area contributed by atoms with Crippen LogP contribution in [0.5, 0.6) is 5.75 Å². The predicted octanol–water partition coefficient (Wildman–Crippen LogP) is 4.10. The fourth-order valence-corrected chi connectivity index (χ4v) is 4.65. The Balaban J connectivity index is 1.48. The molecule has 0 bridgehead atoms. The van der Waals surface area contributed by atoms with Gasteiger partial charge in [-0.25, -0.2) is 9.48 Å². The lowest BCUT2D eigenvalue weighted by atomic mass is 9.90. The van der Waals surface area contributed by atoms with Crippen molar-refractivity contribution in [3.8, 4) is 5.75 Å². The zero-order chi connectivity index (χ0) is 26.2. The smallest absolute Gasteiger partial charge is 0.338 e. The largest absolute Gasteiger partial charge is 0.497 e. The van der Waals surface area contributed by atoms with E-state index in [-0.39, 0.29) is 18.6 Å². The maximum atomic E-state index is 13.3. The molecule has 196 valence electrons. The van der Waals surface area contributed by atoms with E-state index in [1.165, 1.54) is 0 Å². The quantitative estimate of drug-likeness (QED) is 0.326. The summed E-state index contributed by atoms with van der Waals surface area (Å²) in [7, 11) is 1.61. The van der Waals surface area contributed by atoms with Crippen molar-refractivity contribution in [2.75, 3.05) is 13.7 Å². The average Bonchev–Trinajstić information content (AvgIpc) is 3.41. The number of likely N-dealkylation sites (tertiary alicyclic amines) is 1. The number of methoxy groups -OCH3 is 1. The van der Waals surface area contributed by atoms with Gasteiger partial charge in [0, 0.05) is 19.4 Å². The van der Waals surface area contributed by atoms with Crippen LogP contribution in [0.15, 0.2) is 60.8 Å². The number of nitrogens with zero attached hydrogens (tertiary/aromatic N) is 4. The SMILES string of the molecule is CCCCCC(=O)N1C[C@H](n2cc(COC(=O)c3ccccc3)nn2)[C@@H](O)C[C@@H]1c1ccc(OC)cc1. The molecular formula is C28H34N4O5. The molecule has 1 amide bonds. The molecule has 37 heavy (non-hydrogen) atoms. The lowest BCUT2D eigenvalue weighted by Gasteiger charge is -2.42. The highest BCUT2D eigenvalue weighted by Gasteiger charge is 2.39. The van der Waals surface area contributed by atoms with Gasteiger partial charge in [0.05, 0.1) is 37.1 Å². The van der Waals surface area contributed by atoms with Crippen molar-refractivity contribution in [2.45, 2.75) is 63.8 Å². The molecule has 1 aliphatic rings. The van der Waals surface area contributed by atoms with Crippen molar-refractivity contribution in [3.05, 3.63) is 77.6 Å². The maximum absolute atomic E-state index is 13.3. The first-order valence-electron chi connectivity index (χ1n) is 12.7. The van der Waals surface area contributed by atoms with Crippen molar-refractivity contribution in [1.82, 2.24) is 19.9 Å². The Bertz CT molecular complexity index is 1160. The van der Waals surface area contributed by atoms with Gasteiger partial charge in [0.1, 0.15) is 18.1 Å². The van der Waals surface area contributed by atoms with Crippen molar-refractivity contribution in [2.24, 2.45) is 0 Å². The molecule has 1 aromatic heterocycles. The number of aliphatic hydroxyl groups excluding tert-OH is 1. The molecule has 0 spiro atoms. The molecule has 0 unspecified atom stereocenters. The second-order valence-electron chi connectivity index (χ2n) is 9.29. The fourth-order valence-electron chi connectivity index (χ4n) is 4.65. The number of ether oxygens (including phenoxy) is 2. The molecular weight excluding hydrogens is 472 g/mol. The number of aliphatic hydroxyl groups is 1. The summed E-state index contributed by atoms with van der Waals surface area (Å²) >= 11 is 0. The zero-order valence-electron chi connectivity index (χ0n) is 21.3. The number of carbonyl (C=O) groups is 2. The first-order chi connectivity index (χ1) is 18.0. The highest BCUT2D eigenvalue weighted by atomic mass is 16.5. The third-order valence-electron chi connectivity index (χ3n) is 6.74. The van der Waals surface area contributed by atoms with E-state index in [2.05, 4.69) is 17.2 Å². The number of hydrogen-bond donors (Lipinski definition) is 1. The monoisotopic (exact) mass is 506 g/mol. The van der Waals surface area contributed by atoms with Crippen molar-refractivity contribution < 1.29 is 24.2 Å². The third kappa shape index (κ3) is 6.54. The first-order valence-corrected chi connectivity index (χ1v) is 12.7. The van der Waals surface area contributed by atoms with Gasteiger partial charge in [0.2, 0.25) is 5.91 Å². The molecule has 1 saturated heterocycles. The second-order valence-corrected chi connectivity index (χ2v) is 9.29. The van der Waals surface area contributed by atoms with Gasteiger partial charge in [0.15, 0.2) is 0 Å². The number of aromatic nitrogens is 3. The number of esters is 1. The van der Waals surface area contributed by atoms with E-state index < -0.39 is 18.1 Å². The Morgan fingerprint density at radius 3 is 2.54 bits per heavy atom. The Morgan fingerprint density at radius 1 is 1.08 bits per heavy atom. The molecule has 0 radical (unpaired) electrons. The van der Waals surface area contributed by atoms with Gasteiger partial charge in [-0.3, -0.25) is 4.79 Å². The standard InChI is InChI=1S/C28H34N4O5/c1-3-4-6-11-27(34)31-18-25(26(33)16-24(31)20-12-14-23(36-2)15-13-20)32-17-22(29-30-32)19-37-28(35)21-9-7-5-8-10-21/h5,7-10,12-15,17,24-26,33H,3-4,6,11,16,18-19H2,1-2H3/t24-,25+,26+/m1/s1. The van der Waals surface area contributed by atoms with Gasteiger partial charge < -0.3 is 19.5 Å². The molecule has 1 aliphatic heterocycles. The molecule has 2 aromatic carbocycles. The van der Waals surface area contributed by atoms with E-state index in [9.17, 15) is 14.7 Å². The number of hydrogen-bond acceptors (Lipinski definition) is 7. The molecule has 3 aromatic rings. The van der Waals surface area contributed by atoms with Gasteiger partial charge in [0.25, 0.3) is 0 Å². The highest BCUT2D eigenvalue weighted by molar-refractivity contribution is 5.89. The number of amides is 1. The summed E-state index contributed by atoms with van der Waals surface area (Å²) in [4.78, 5) is 27.4. The molecule has 9 heteroatoms. The van der Waals surface area contributed by atoms with Crippen molar-refractivity contribution >= 4 is 11.9 Å². The maximum Gasteiger partial charge on any atom is 0.338 e. The highest BCUT2D eigenvalue weighted by Crippen LogP contribution is 2.36. The molecule has 1 N–H and O–H groups in total. The minimum Gasteiger partial charge on any atom is -0.497 e. The van der Waals surface area contributed by atoms with E-state index in [4.69, 9.17) is 9.47 Å². The Morgan fingerprint density at radius 2 is 1.84 bits per heavy atom. The molecule has 1 fully saturated rings. The van der Waals surface area contributed by atoms with Crippen LogP contribution in [0, 0.1) is 0 Å². The lowest BCUT2D eigenvalue weighted by molar-refractivity contribution is -0.139. The Kier molecular flexibility index (Phi) is 8.90. The third-order valence-corrected chi connectivity index (χ3v) is 6.74. The summed E-state index contributed by atoms with van der Waals surface area (Å²) in [6.45, 7) is 2.37. The summed E-state index contributed by atoms with van der Waals surface area (Å²) in [5.74, 6) is 0.351. The van der Waals surface area contributed by atoms with Crippen LogP contribution in [0.2, 0.25) is 0 Å². The van der Waals surface area contributed by atoms with Crippen LogP contribution in [-0.4, -0.2) is 56.6 Å². The summed E-state index contributed by atoms with van der Waals surface area (Å²) < 4.78 is 12.2. The van der Waals surface area contributed by atoms with Crippen LogP contribution in [0.3, 0.4) is 0 Å². The van der Waals surface area contributed by atoms with E-state index in [1.807, 2.05) is 35.2 Å². The molecule has 0 saturated carbocycles. The van der Waals surface area contributed by atoms with Crippen LogP contribution < -0.4 is 4.74 Å². The van der Waals surface area contributed by atoms with Gasteiger partial charge in [-0.2, -0.15) is 0 Å². The normalized spacial score (nSPS) is 19.4. The summed E-state index contributed by atoms with van der Waals surface area (Å²) in [5, 5.41) is 19.4. The lowest BCUT2D eigenvalue weighted by Crippen LogP contribution is -2.48. The number of benzene rings is 2. The summed E-state index contributed by atoms with van der Waals surface area (Å²) in [6, 6.07) is 15.6. The van der Waals surface area contributed by atoms with Crippen LogP contribution in [0.4, 0.5) is 0 Å². The molecule has 3 atom stereocenters. The number of carbonyl (C=O) groups excluding carboxylic acids is 2. The van der Waals surface area contributed by atoms with Crippen LogP contribution in [0.1, 0.15) is 72.7 Å². The predicted molar refractivity (Wildman–Crippen MR) is 137 cm³/mol. The summed E-state index contributed by atoms with van der Waals surface area (Å²) in [6.07, 6.45) is 4.61. The summed E-state index contributed by atoms with van der Waals surface area (Å²) in [5.41, 5.74) is 1.88. The molecule has 9 nitrogen and oxygen atoms in total. The Labute approximate surface area is 217 Å². The number of piperidine rings is 1. The van der Waals surface area contributed by atoms with Gasteiger partial charge in [-0.15, -0.1) is 5.10 Å². The molecule has 0 aliphatic carbocycles. The van der Waals surface area contributed by atoms with Gasteiger partial charge >= 0.3 is 5.97 Å². The van der Waals surface area contributed by atoms with Crippen molar-refractivity contribution in [1.29, 1.82) is 0 Å². The molecule has 2 heterocycles. The van der Waals surface area contributed by atoms with Gasteiger partial charge in [-0.05, 0) is 36.2 Å². The minimum absolute atomic E-state index is 0.0370. The van der Waals surface area contributed by atoms with Crippen LogP contribution >= 0.6 is 0 Å². The second kappa shape index (κ2) is 12.5. The zero-order valence-corrected chi connectivity index (χ0v) is 21.3. The van der Waals surface area contributed by atoms with Gasteiger partial charge in [-0.1, -0.05) is 55.3 Å². The minimum atomic E-state index is -0.742. The van der Waals surface area contributed by atoms with E-state index in [1.54, 1.807) is 42.3 Å².